The maximum atomic E-state index is 11.8. The van der Waals surface area contributed by atoms with E-state index in [1.54, 1.807) is 20.1 Å². The predicted octanol–water partition coefficient (Wildman–Crippen LogP) is 0.682. The molecule has 0 aromatic carbocycles. The standard InChI is InChI=1S/C11H18N2O3/c1-8-10(4-6-16-8)11(14)13-9(3-5-12)7-15-2/h4,6,9H,3,5,7,12H2,1-2H3,(H,13,14). The molecule has 0 spiro atoms. The summed E-state index contributed by atoms with van der Waals surface area (Å²) in [7, 11) is 1.60. The summed E-state index contributed by atoms with van der Waals surface area (Å²) in [6.07, 6.45) is 2.19. The van der Waals surface area contributed by atoms with E-state index in [1.807, 2.05) is 0 Å². The van der Waals surface area contributed by atoms with Gasteiger partial charge in [-0.1, -0.05) is 0 Å². The molecule has 1 rings (SSSR count). The number of methoxy groups -OCH3 is 1. The smallest absolute Gasteiger partial charge is 0.255 e. The number of hydrogen-bond acceptors (Lipinski definition) is 4. The first-order valence-corrected chi connectivity index (χ1v) is 5.23. The zero-order valence-electron chi connectivity index (χ0n) is 9.66. The van der Waals surface area contributed by atoms with E-state index in [9.17, 15) is 4.79 Å². The van der Waals surface area contributed by atoms with Gasteiger partial charge in [0.15, 0.2) is 0 Å². The molecule has 0 radical (unpaired) electrons. The maximum Gasteiger partial charge on any atom is 0.255 e. The molecule has 1 heterocycles. The third kappa shape index (κ3) is 3.36. The molecule has 0 fully saturated rings. The molecule has 1 aromatic rings. The highest BCUT2D eigenvalue weighted by Crippen LogP contribution is 2.08. The van der Waals surface area contributed by atoms with Crippen LogP contribution in [0.5, 0.6) is 0 Å². The first kappa shape index (κ1) is 12.7. The molecule has 5 heteroatoms. The molecule has 5 nitrogen and oxygen atoms in total. The van der Waals surface area contributed by atoms with Crippen LogP contribution in [0.2, 0.25) is 0 Å². The Morgan fingerprint density at radius 2 is 2.44 bits per heavy atom. The first-order valence-electron chi connectivity index (χ1n) is 5.23. The van der Waals surface area contributed by atoms with Crippen LogP contribution in [0.1, 0.15) is 22.5 Å². The molecule has 90 valence electrons. The van der Waals surface area contributed by atoms with Crippen molar-refractivity contribution in [3.8, 4) is 0 Å². The topological polar surface area (TPSA) is 77.5 Å². The summed E-state index contributed by atoms with van der Waals surface area (Å²) in [5, 5.41) is 2.86. The van der Waals surface area contributed by atoms with Crippen molar-refractivity contribution in [2.24, 2.45) is 5.73 Å². The lowest BCUT2D eigenvalue weighted by Gasteiger charge is -2.16. The second kappa shape index (κ2) is 6.30. The fraction of sp³-hybridized carbons (Fsp3) is 0.545. The van der Waals surface area contributed by atoms with E-state index in [0.717, 1.165) is 0 Å². The van der Waals surface area contributed by atoms with Gasteiger partial charge < -0.3 is 20.2 Å². The SMILES string of the molecule is COCC(CCN)NC(=O)c1ccoc1C. The molecule has 1 atom stereocenters. The molecule has 0 bridgehead atoms. The number of carbonyl (C=O) groups is 1. The average Bonchev–Trinajstić information content (AvgIpc) is 2.65. The van der Waals surface area contributed by atoms with Crippen molar-refractivity contribution in [1.82, 2.24) is 5.32 Å². The number of carbonyl (C=O) groups excluding carboxylic acids is 1. The number of furan rings is 1. The largest absolute Gasteiger partial charge is 0.469 e. The van der Waals surface area contributed by atoms with Crippen LogP contribution in [0.4, 0.5) is 0 Å². The summed E-state index contributed by atoms with van der Waals surface area (Å²) in [5.74, 6) is 0.461. The van der Waals surface area contributed by atoms with Crippen LogP contribution in [-0.4, -0.2) is 32.2 Å². The Hall–Kier alpha value is -1.33. The average molecular weight is 226 g/mol. The van der Waals surface area contributed by atoms with Gasteiger partial charge in [0, 0.05) is 7.11 Å². The molecule has 0 saturated carbocycles. The van der Waals surface area contributed by atoms with E-state index in [2.05, 4.69) is 5.32 Å². The van der Waals surface area contributed by atoms with Crippen molar-refractivity contribution >= 4 is 5.91 Å². The number of hydrogen-bond donors (Lipinski definition) is 2. The Labute approximate surface area is 94.9 Å². The molecule has 1 unspecified atom stereocenters. The molecular formula is C11H18N2O3. The summed E-state index contributed by atoms with van der Waals surface area (Å²) in [6.45, 7) is 2.72. The molecule has 0 aliphatic heterocycles. The normalized spacial score (nSPS) is 12.4. The van der Waals surface area contributed by atoms with Gasteiger partial charge in [-0.3, -0.25) is 4.79 Å². The van der Waals surface area contributed by atoms with Crippen LogP contribution >= 0.6 is 0 Å². The lowest BCUT2D eigenvalue weighted by atomic mass is 10.2. The number of amides is 1. The van der Waals surface area contributed by atoms with Crippen LogP contribution in [0.15, 0.2) is 16.7 Å². The predicted molar refractivity (Wildman–Crippen MR) is 60.2 cm³/mol. The highest BCUT2D eigenvalue weighted by molar-refractivity contribution is 5.95. The van der Waals surface area contributed by atoms with E-state index < -0.39 is 0 Å². The van der Waals surface area contributed by atoms with Crippen molar-refractivity contribution in [3.63, 3.8) is 0 Å². The number of ether oxygens (including phenoxy) is 1. The van der Waals surface area contributed by atoms with Gasteiger partial charge in [0.2, 0.25) is 0 Å². The Bertz CT molecular complexity index is 330. The molecule has 0 aliphatic rings. The van der Waals surface area contributed by atoms with E-state index in [1.165, 1.54) is 6.26 Å². The van der Waals surface area contributed by atoms with Crippen molar-refractivity contribution in [2.45, 2.75) is 19.4 Å². The molecule has 0 saturated heterocycles. The van der Waals surface area contributed by atoms with Crippen LogP contribution < -0.4 is 11.1 Å². The van der Waals surface area contributed by atoms with Crippen molar-refractivity contribution in [1.29, 1.82) is 0 Å². The maximum absolute atomic E-state index is 11.8. The van der Waals surface area contributed by atoms with Gasteiger partial charge in [-0.2, -0.15) is 0 Å². The van der Waals surface area contributed by atoms with Gasteiger partial charge in [-0.15, -0.1) is 0 Å². The quantitative estimate of drug-likeness (QED) is 0.747. The minimum Gasteiger partial charge on any atom is -0.469 e. The third-order valence-corrected chi connectivity index (χ3v) is 2.32. The number of aryl methyl sites for hydroxylation is 1. The Morgan fingerprint density at radius 3 is 2.94 bits per heavy atom. The first-order chi connectivity index (χ1) is 7.69. The Morgan fingerprint density at radius 1 is 1.69 bits per heavy atom. The lowest BCUT2D eigenvalue weighted by molar-refractivity contribution is 0.0892. The fourth-order valence-electron chi connectivity index (χ4n) is 1.48. The molecular weight excluding hydrogens is 208 g/mol. The van der Waals surface area contributed by atoms with Crippen LogP contribution in [0.3, 0.4) is 0 Å². The summed E-state index contributed by atoms with van der Waals surface area (Å²) in [4.78, 5) is 11.8. The van der Waals surface area contributed by atoms with Crippen molar-refractivity contribution in [2.75, 3.05) is 20.3 Å². The molecule has 0 aliphatic carbocycles. The van der Waals surface area contributed by atoms with Crippen LogP contribution in [-0.2, 0) is 4.74 Å². The van der Waals surface area contributed by atoms with E-state index in [0.29, 0.717) is 30.9 Å². The highest BCUT2D eigenvalue weighted by Gasteiger charge is 2.15. The second-order valence-electron chi connectivity index (χ2n) is 3.59. The van der Waals surface area contributed by atoms with E-state index in [-0.39, 0.29) is 11.9 Å². The zero-order valence-corrected chi connectivity index (χ0v) is 9.66. The molecule has 1 aromatic heterocycles. The third-order valence-electron chi connectivity index (χ3n) is 2.32. The van der Waals surface area contributed by atoms with Gasteiger partial charge in [0.1, 0.15) is 5.76 Å². The minimum absolute atomic E-state index is 0.0585. The summed E-state index contributed by atoms with van der Waals surface area (Å²) in [6, 6.07) is 1.59. The fourth-order valence-corrected chi connectivity index (χ4v) is 1.48. The van der Waals surface area contributed by atoms with Gasteiger partial charge >= 0.3 is 0 Å². The zero-order chi connectivity index (χ0) is 12.0. The minimum atomic E-state index is -0.151. The summed E-state index contributed by atoms with van der Waals surface area (Å²) < 4.78 is 10.1. The number of nitrogens with two attached hydrogens (primary N) is 1. The monoisotopic (exact) mass is 226 g/mol. The highest BCUT2D eigenvalue weighted by atomic mass is 16.5. The van der Waals surface area contributed by atoms with Gasteiger partial charge in [-0.25, -0.2) is 0 Å². The lowest BCUT2D eigenvalue weighted by Crippen LogP contribution is -2.39. The Balaban J connectivity index is 2.58. The van der Waals surface area contributed by atoms with Gasteiger partial charge in [0.05, 0.1) is 24.5 Å². The van der Waals surface area contributed by atoms with Crippen LogP contribution in [0, 0.1) is 6.92 Å². The summed E-state index contributed by atoms with van der Waals surface area (Å²) in [5.41, 5.74) is 6.01. The number of nitrogens with one attached hydrogen (secondary N) is 1. The van der Waals surface area contributed by atoms with Gasteiger partial charge in [-0.05, 0) is 26.0 Å². The molecule has 16 heavy (non-hydrogen) atoms. The molecule has 1 amide bonds. The second-order valence-corrected chi connectivity index (χ2v) is 3.59. The van der Waals surface area contributed by atoms with E-state index in [4.69, 9.17) is 14.9 Å². The summed E-state index contributed by atoms with van der Waals surface area (Å²) >= 11 is 0. The Kier molecular flexibility index (Phi) is 5.01. The van der Waals surface area contributed by atoms with Crippen molar-refractivity contribution < 1.29 is 13.9 Å². The van der Waals surface area contributed by atoms with Crippen LogP contribution in [0.25, 0.3) is 0 Å². The molecule has 3 N–H and O–H groups in total. The number of rotatable bonds is 6. The van der Waals surface area contributed by atoms with E-state index >= 15 is 0 Å². The van der Waals surface area contributed by atoms with Crippen molar-refractivity contribution in [3.05, 3.63) is 23.7 Å². The van der Waals surface area contributed by atoms with Gasteiger partial charge in [0.25, 0.3) is 5.91 Å².